The van der Waals surface area contributed by atoms with Gasteiger partial charge in [0.25, 0.3) is 0 Å². The highest BCUT2D eigenvalue weighted by molar-refractivity contribution is 7.69. The molecule has 1 aliphatic rings. The lowest BCUT2D eigenvalue weighted by molar-refractivity contribution is 0.233. The van der Waals surface area contributed by atoms with Crippen LogP contribution in [0.25, 0.3) is 0 Å². The van der Waals surface area contributed by atoms with E-state index >= 15 is 0 Å². The Kier molecular flexibility index (Phi) is 3.35. The molecule has 0 aromatic heterocycles. The minimum atomic E-state index is -2.80. The second-order valence-corrected chi connectivity index (χ2v) is 13.1. The first-order valence-electron chi connectivity index (χ1n) is 4.31. The van der Waals surface area contributed by atoms with Crippen molar-refractivity contribution in [2.45, 2.75) is 13.2 Å². The van der Waals surface area contributed by atoms with E-state index < -0.39 is 15.3 Å². The van der Waals surface area contributed by atoms with Crippen LogP contribution in [0.4, 0.5) is 0 Å². The molecule has 0 atom stereocenters. The van der Waals surface area contributed by atoms with Crippen LogP contribution in [0.1, 0.15) is 5.56 Å². The fourth-order valence-corrected chi connectivity index (χ4v) is 3.93. The van der Waals surface area contributed by atoms with E-state index in [1.807, 2.05) is 24.7 Å². The Morgan fingerprint density at radius 2 is 2.07 bits per heavy atom. The fourth-order valence-electron chi connectivity index (χ4n) is 1.33. The molecule has 1 aromatic rings. The van der Waals surface area contributed by atoms with Crippen molar-refractivity contribution < 1.29 is 8.85 Å². The van der Waals surface area contributed by atoms with Crippen molar-refractivity contribution in [2.24, 2.45) is 0 Å². The van der Waals surface area contributed by atoms with E-state index in [2.05, 4.69) is 0 Å². The van der Waals surface area contributed by atoms with Crippen molar-refractivity contribution in [3.63, 3.8) is 0 Å². The monoisotopic (exact) mass is 297 g/mol. The summed E-state index contributed by atoms with van der Waals surface area (Å²) in [5.41, 5.74) is 0.960. The third-order valence-corrected chi connectivity index (χ3v) is 6.06. The zero-order valence-electron chi connectivity index (χ0n) is 7.89. The van der Waals surface area contributed by atoms with E-state index in [1.165, 1.54) is 0 Å². The zero-order chi connectivity index (χ0) is 11.1. The maximum Gasteiger partial charge on any atom is 0.454 e. The van der Waals surface area contributed by atoms with Crippen molar-refractivity contribution in [2.75, 3.05) is 0 Å². The van der Waals surface area contributed by atoms with Crippen molar-refractivity contribution in [3.8, 4) is 5.75 Å². The molecule has 0 bridgehead atoms. The van der Waals surface area contributed by atoms with Crippen LogP contribution < -0.4 is 9.61 Å². The minimum Gasteiger partial charge on any atom is -0.519 e. The predicted octanol–water partition coefficient (Wildman–Crippen LogP) is 2.58. The topological polar surface area (TPSA) is 18.5 Å². The lowest BCUT2D eigenvalue weighted by Gasteiger charge is -2.23. The highest BCUT2D eigenvalue weighted by Crippen LogP contribution is 2.27. The molecule has 0 saturated heterocycles. The number of hydrogen-bond acceptors (Lipinski definition) is 2. The highest BCUT2D eigenvalue weighted by Gasteiger charge is 2.30. The SMILES string of the molecule is C[Si]1OCc2cc([Si](Cl)(Cl)Cl)ccc2O1. The van der Waals surface area contributed by atoms with Crippen molar-refractivity contribution in [1.29, 1.82) is 0 Å². The summed E-state index contributed by atoms with van der Waals surface area (Å²) in [4.78, 5) is 0. The van der Waals surface area contributed by atoms with Crippen LogP contribution in [-0.2, 0) is 11.0 Å². The molecule has 7 heteroatoms. The van der Waals surface area contributed by atoms with Crippen LogP contribution in [-0.4, -0.2) is 15.3 Å². The Labute approximate surface area is 105 Å². The Morgan fingerprint density at radius 1 is 1.33 bits per heavy atom. The molecule has 2 rings (SSSR count). The van der Waals surface area contributed by atoms with Gasteiger partial charge in [-0.25, -0.2) is 0 Å². The molecule has 2 nitrogen and oxygen atoms in total. The van der Waals surface area contributed by atoms with Crippen molar-refractivity contribution in [1.82, 2.24) is 0 Å². The van der Waals surface area contributed by atoms with E-state index in [1.54, 1.807) is 0 Å². The normalized spacial score (nSPS) is 17.1. The first-order valence-corrected chi connectivity index (χ1v) is 11.2. The largest absolute Gasteiger partial charge is 0.519 e. The van der Waals surface area contributed by atoms with E-state index in [0.29, 0.717) is 6.61 Å². The van der Waals surface area contributed by atoms with Gasteiger partial charge in [0.15, 0.2) is 0 Å². The molecule has 1 aromatic carbocycles. The van der Waals surface area contributed by atoms with Gasteiger partial charge in [-0.1, -0.05) is 12.1 Å². The van der Waals surface area contributed by atoms with E-state index in [0.717, 1.165) is 16.5 Å². The van der Waals surface area contributed by atoms with Crippen LogP contribution in [0.5, 0.6) is 5.75 Å². The summed E-state index contributed by atoms with van der Waals surface area (Å²) >= 11 is 17.8. The zero-order valence-corrected chi connectivity index (χ0v) is 12.2. The number of halogens is 3. The van der Waals surface area contributed by atoms with Gasteiger partial charge < -0.3 is 8.85 Å². The molecule has 0 aliphatic carbocycles. The first-order chi connectivity index (χ1) is 6.97. The van der Waals surface area contributed by atoms with Crippen LogP contribution in [0.15, 0.2) is 18.2 Å². The summed E-state index contributed by atoms with van der Waals surface area (Å²) in [5, 5.41) is 0.769. The van der Waals surface area contributed by atoms with Crippen LogP contribution in [0.2, 0.25) is 6.55 Å². The van der Waals surface area contributed by atoms with E-state index in [-0.39, 0.29) is 0 Å². The van der Waals surface area contributed by atoms with Gasteiger partial charge in [0.2, 0.25) is 0 Å². The molecular formula is C8H8Cl3O2Si2. The summed E-state index contributed by atoms with van der Waals surface area (Å²) in [7, 11) is -1.14. The standard InChI is InChI=1S/C8H8Cl3O2Si2/c1-14-12-5-6-4-7(15(9,10)11)2-3-8(6)13-14/h2-4H,5H2,1H3. The van der Waals surface area contributed by atoms with Gasteiger partial charge in [-0.15, -0.1) is 33.2 Å². The minimum absolute atomic E-state index is 0.545. The summed E-state index contributed by atoms with van der Waals surface area (Å²) < 4.78 is 11.0. The Balaban J connectivity index is 2.35. The van der Waals surface area contributed by atoms with Crippen molar-refractivity contribution >= 4 is 53.7 Å². The van der Waals surface area contributed by atoms with Crippen LogP contribution in [0, 0.1) is 0 Å². The average molecular weight is 299 g/mol. The fraction of sp³-hybridized carbons (Fsp3) is 0.250. The number of fused-ring (bicyclic) bond motifs is 1. The van der Waals surface area contributed by atoms with Gasteiger partial charge >= 0.3 is 15.3 Å². The van der Waals surface area contributed by atoms with Crippen LogP contribution >= 0.6 is 33.2 Å². The number of benzene rings is 1. The molecule has 0 spiro atoms. The lowest BCUT2D eigenvalue weighted by Crippen LogP contribution is -2.33. The Hall–Kier alpha value is 0.284. The molecular weight excluding hydrogens is 291 g/mol. The molecule has 1 radical (unpaired) electrons. The van der Waals surface area contributed by atoms with E-state index in [9.17, 15) is 0 Å². The van der Waals surface area contributed by atoms with Gasteiger partial charge in [-0.05, 0) is 17.8 Å². The molecule has 1 heterocycles. The summed E-state index contributed by atoms with van der Waals surface area (Å²) in [6.45, 7) is 2.49. The molecule has 81 valence electrons. The summed E-state index contributed by atoms with van der Waals surface area (Å²) in [6.07, 6.45) is 0. The molecule has 0 fully saturated rings. The Bertz CT molecular complexity index is 381. The number of hydrogen-bond donors (Lipinski definition) is 0. The molecule has 0 amide bonds. The molecule has 0 N–H and O–H groups in total. The summed E-state index contributed by atoms with van der Waals surface area (Å²) in [6, 6.07) is 2.74. The van der Waals surface area contributed by atoms with Crippen LogP contribution in [0.3, 0.4) is 0 Å². The maximum absolute atomic E-state index is 5.92. The molecule has 0 unspecified atom stereocenters. The molecule has 15 heavy (non-hydrogen) atoms. The average Bonchev–Trinajstić information content (AvgIpc) is 2.15. The van der Waals surface area contributed by atoms with Gasteiger partial charge in [0.1, 0.15) is 5.75 Å². The predicted molar refractivity (Wildman–Crippen MR) is 66.4 cm³/mol. The number of rotatable bonds is 1. The van der Waals surface area contributed by atoms with Gasteiger partial charge in [-0.2, -0.15) is 0 Å². The summed E-state index contributed by atoms with van der Waals surface area (Å²) in [5.74, 6) is 0.852. The third-order valence-electron chi connectivity index (χ3n) is 2.07. The maximum atomic E-state index is 5.92. The third kappa shape index (κ3) is 2.69. The van der Waals surface area contributed by atoms with Gasteiger partial charge in [0.05, 0.1) is 6.61 Å². The quantitative estimate of drug-likeness (QED) is 0.586. The Morgan fingerprint density at radius 3 is 2.73 bits per heavy atom. The second kappa shape index (κ2) is 4.27. The van der Waals surface area contributed by atoms with Gasteiger partial charge in [-0.3, -0.25) is 0 Å². The molecule has 0 saturated carbocycles. The van der Waals surface area contributed by atoms with E-state index in [4.69, 9.17) is 42.1 Å². The first kappa shape index (κ1) is 11.8. The van der Waals surface area contributed by atoms with Gasteiger partial charge in [0, 0.05) is 5.56 Å². The molecule has 1 aliphatic heterocycles. The van der Waals surface area contributed by atoms with Crippen molar-refractivity contribution in [3.05, 3.63) is 23.8 Å². The lowest BCUT2D eigenvalue weighted by atomic mass is 10.2. The second-order valence-electron chi connectivity index (χ2n) is 3.20. The highest BCUT2D eigenvalue weighted by atomic mass is 35.8. The smallest absolute Gasteiger partial charge is 0.454 e.